The molecule has 1 heterocycles. The average Bonchev–Trinajstić information content (AvgIpc) is 3.13. The largest absolute Gasteiger partial charge is 0.426 e. The van der Waals surface area contributed by atoms with Crippen LogP contribution in [0, 0.1) is 18.3 Å². The summed E-state index contributed by atoms with van der Waals surface area (Å²) in [5, 5.41) is 0. The standard InChI is InChI=1S/C27H29NO4S/c1-19-10-14-23(15-11-19)33(30,31)28-17-21-12-13-22(32-26(29)27(2,3)4)16-24(25(21)18-28)20-8-6-5-7-9-20/h5-16,21H,17-18H2,1-4H3. The molecule has 0 spiro atoms. The maximum absolute atomic E-state index is 13.3. The van der Waals surface area contributed by atoms with Crippen LogP contribution in [-0.4, -0.2) is 31.8 Å². The summed E-state index contributed by atoms with van der Waals surface area (Å²) in [4.78, 5) is 12.8. The van der Waals surface area contributed by atoms with Crippen molar-refractivity contribution in [2.45, 2.75) is 32.6 Å². The van der Waals surface area contributed by atoms with E-state index in [0.29, 0.717) is 17.2 Å². The Bertz CT molecular complexity index is 1250. The first-order valence-electron chi connectivity index (χ1n) is 11.0. The smallest absolute Gasteiger partial charge is 0.316 e. The second-order valence-electron chi connectivity index (χ2n) is 9.57. The summed E-state index contributed by atoms with van der Waals surface area (Å²) in [5.74, 6) is 0.0394. The van der Waals surface area contributed by atoms with Gasteiger partial charge >= 0.3 is 5.97 Å². The van der Waals surface area contributed by atoms with Crippen molar-refractivity contribution >= 4 is 21.6 Å². The molecule has 33 heavy (non-hydrogen) atoms. The van der Waals surface area contributed by atoms with Crippen LogP contribution < -0.4 is 0 Å². The number of benzene rings is 2. The quantitative estimate of drug-likeness (QED) is 0.591. The van der Waals surface area contributed by atoms with E-state index in [2.05, 4.69) is 0 Å². The predicted molar refractivity (Wildman–Crippen MR) is 130 cm³/mol. The molecule has 0 aromatic heterocycles. The number of aryl methyl sites for hydroxylation is 1. The third kappa shape index (κ3) is 4.87. The summed E-state index contributed by atoms with van der Waals surface area (Å²) >= 11 is 0. The van der Waals surface area contributed by atoms with Crippen LogP contribution in [0.15, 0.2) is 89.1 Å². The predicted octanol–water partition coefficient (Wildman–Crippen LogP) is 5.11. The van der Waals surface area contributed by atoms with Crippen LogP contribution >= 0.6 is 0 Å². The monoisotopic (exact) mass is 463 g/mol. The number of carbonyl (C=O) groups excluding carboxylic acids is 1. The second kappa shape index (κ2) is 8.76. The van der Waals surface area contributed by atoms with Gasteiger partial charge in [-0.1, -0.05) is 54.1 Å². The molecule has 1 aliphatic carbocycles. The molecule has 4 rings (SSSR count). The zero-order valence-corrected chi connectivity index (χ0v) is 20.2. The number of allylic oxidation sites excluding steroid dienone is 3. The minimum atomic E-state index is -3.62. The highest BCUT2D eigenvalue weighted by Crippen LogP contribution is 2.38. The van der Waals surface area contributed by atoms with Gasteiger partial charge in [0.05, 0.1) is 10.3 Å². The molecule has 172 valence electrons. The molecule has 0 amide bonds. The molecule has 1 atom stereocenters. The van der Waals surface area contributed by atoms with E-state index in [-0.39, 0.29) is 18.4 Å². The highest BCUT2D eigenvalue weighted by molar-refractivity contribution is 7.89. The first-order chi connectivity index (χ1) is 15.6. The van der Waals surface area contributed by atoms with Crippen molar-refractivity contribution in [2.75, 3.05) is 13.1 Å². The fourth-order valence-corrected chi connectivity index (χ4v) is 5.35. The Morgan fingerprint density at radius 3 is 2.33 bits per heavy atom. The maximum atomic E-state index is 13.3. The minimum absolute atomic E-state index is 0.109. The van der Waals surface area contributed by atoms with Gasteiger partial charge in [0.15, 0.2) is 0 Å². The SMILES string of the molecule is Cc1ccc(S(=O)(=O)N2CC3=C(c4ccccc4)C=C(OC(=O)C(C)(C)C)C=CC3C2)cc1. The fourth-order valence-electron chi connectivity index (χ4n) is 3.91. The summed E-state index contributed by atoms with van der Waals surface area (Å²) in [6.07, 6.45) is 5.58. The zero-order valence-electron chi connectivity index (χ0n) is 19.4. The molecule has 1 fully saturated rings. The molecular weight excluding hydrogens is 434 g/mol. The molecule has 0 bridgehead atoms. The van der Waals surface area contributed by atoms with Gasteiger partial charge in [-0.3, -0.25) is 4.79 Å². The van der Waals surface area contributed by atoms with Crippen LogP contribution in [0.5, 0.6) is 0 Å². The van der Waals surface area contributed by atoms with Gasteiger partial charge in [0, 0.05) is 19.0 Å². The van der Waals surface area contributed by atoms with Crippen molar-refractivity contribution < 1.29 is 17.9 Å². The summed E-state index contributed by atoms with van der Waals surface area (Å²) in [7, 11) is -3.62. The number of fused-ring (bicyclic) bond motifs is 1. The van der Waals surface area contributed by atoms with Gasteiger partial charge in [-0.05, 0) is 68.7 Å². The first kappa shape index (κ1) is 23.2. The zero-order chi connectivity index (χ0) is 23.8. The van der Waals surface area contributed by atoms with E-state index in [1.54, 1.807) is 18.2 Å². The summed E-state index contributed by atoms with van der Waals surface area (Å²) in [5.41, 5.74) is 3.23. The van der Waals surface area contributed by atoms with Crippen LogP contribution in [0.3, 0.4) is 0 Å². The summed E-state index contributed by atoms with van der Waals surface area (Å²) < 4.78 is 33.9. The van der Waals surface area contributed by atoms with Crippen molar-refractivity contribution in [1.82, 2.24) is 4.31 Å². The molecule has 6 heteroatoms. The summed E-state index contributed by atoms with van der Waals surface area (Å²) in [6.45, 7) is 8.00. The number of nitrogens with zero attached hydrogens (tertiary/aromatic N) is 1. The van der Waals surface area contributed by atoms with E-state index in [1.165, 1.54) is 4.31 Å². The highest BCUT2D eigenvalue weighted by atomic mass is 32.2. The lowest BCUT2D eigenvalue weighted by Gasteiger charge is -2.18. The van der Waals surface area contributed by atoms with Crippen molar-refractivity contribution in [3.8, 4) is 0 Å². The van der Waals surface area contributed by atoms with Crippen LogP contribution in [0.1, 0.15) is 31.9 Å². The third-order valence-corrected chi connectivity index (χ3v) is 7.71. The van der Waals surface area contributed by atoms with Gasteiger partial charge < -0.3 is 4.74 Å². The number of sulfonamides is 1. The van der Waals surface area contributed by atoms with Crippen LogP contribution in [0.25, 0.3) is 5.57 Å². The Morgan fingerprint density at radius 1 is 1.03 bits per heavy atom. The first-order valence-corrected chi connectivity index (χ1v) is 12.5. The number of rotatable bonds is 4. The third-order valence-electron chi connectivity index (χ3n) is 5.89. The van der Waals surface area contributed by atoms with Gasteiger partial charge in [-0.25, -0.2) is 8.42 Å². The van der Waals surface area contributed by atoms with Crippen molar-refractivity contribution in [3.63, 3.8) is 0 Å². The Kier molecular flexibility index (Phi) is 6.16. The van der Waals surface area contributed by atoms with Crippen molar-refractivity contribution in [2.24, 2.45) is 11.3 Å². The van der Waals surface area contributed by atoms with E-state index in [4.69, 9.17) is 4.74 Å². The molecule has 0 N–H and O–H groups in total. The number of ether oxygens (including phenoxy) is 1. The van der Waals surface area contributed by atoms with E-state index < -0.39 is 15.4 Å². The molecule has 2 aromatic carbocycles. The molecule has 2 aliphatic rings. The lowest BCUT2D eigenvalue weighted by atomic mass is 9.93. The Balaban J connectivity index is 1.74. The van der Waals surface area contributed by atoms with Crippen LogP contribution in [-0.2, 0) is 19.6 Å². The molecule has 0 radical (unpaired) electrons. The molecule has 1 saturated heterocycles. The van der Waals surface area contributed by atoms with Gasteiger partial charge in [-0.2, -0.15) is 4.31 Å². The average molecular weight is 464 g/mol. The van der Waals surface area contributed by atoms with E-state index in [0.717, 1.165) is 22.3 Å². The topological polar surface area (TPSA) is 63.7 Å². The van der Waals surface area contributed by atoms with E-state index in [9.17, 15) is 13.2 Å². The number of carbonyl (C=O) groups is 1. The van der Waals surface area contributed by atoms with Gasteiger partial charge in [0.2, 0.25) is 10.0 Å². The lowest BCUT2D eigenvalue weighted by Crippen LogP contribution is -2.28. The molecule has 5 nitrogen and oxygen atoms in total. The van der Waals surface area contributed by atoms with Gasteiger partial charge in [-0.15, -0.1) is 0 Å². The molecular formula is C27H29NO4S. The molecule has 1 unspecified atom stereocenters. The number of hydrogen-bond donors (Lipinski definition) is 0. The highest BCUT2D eigenvalue weighted by Gasteiger charge is 2.37. The van der Waals surface area contributed by atoms with E-state index >= 15 is 0 Å². The molecule has 0 saturated carbocycles. The lowest BCUT2D eigenvalue weighted by molar-refractivity contribution is -0.147. The molecule has 1 aliphatic heterocycles. The van der Waals surface area contributed by atoms with Gasteiger partial charge in [0.25, 0.3) is 0 Å². The van der Waals surface area contributed by atoms with Crippen molar-refractivity contribution in [1.29, 1.82) is 0 Å². The van der Waals surface area contributed by atoms with Crippen molar-refractivity contribution in [3.05, 3.63) is 95.3 Å². The summed E-state index contributed by atoms with van der Waals surface area (Å²) in [6, 6.07) is 16.7. The maximum Gasteiger partial charge on any atom is 0.316 e. The molecule has 2 aromatic rings. The van der Waals surface area contributed by atoms with E-state index in [1.807, 2.05) is 82.3 Å². The normalized spacial score (nSPS) is 19.2. The fraction of sp³-hybridized carbons (Fsp3) is 0.296. The van der Waals surface area contributed by atoms with Crippen LogP contribution in [0.2, 0.25) is 0 Å². The minimum Gasteiger partial charge on any atom is -0.426 e. The Hall–Kier alpha value is -2.96. The Labute approximate surface area is 196 Å². The Morgan fingerprint density at radius 2 is 1.70 bits per heavy atom. The second-order valence-corrected chi connectivity index (χ2v) is 11.5. The van der Waals surface area contributed by atoms with Crippen LogP contribution in [0.4, 0.5) is 0 Å². The number of hydrogen-bond acceptors (Lipinski definition) is 4. The van der Waals surface area contributed by atoms with Gasteiger partial charge in [0.1, 0.15) is 5.76 Å². The number of esters is 1.